The van der Waals surface area contributed by atoms with Gasteiger partial charge in [-0.1, -0.05) is 127 Å². The molecule has 264 valence electrons. The summed E-state index contributed by atoms with van der Waals surface area (Å²) in [6, 6.07) is 68.3. The lowest BCUT2D eigenvalue weighted by atomic mass is 9.86. The number of hydrogen-bond acceptors (Lipinski definition) is 3. The van der Waals surface area contributed by atoms with Gasteiger partial charge < -0.3 is 9.32 Å². The fraction of sp³-hybridized carbons (Fsp3) is 0.0385. The highest BCUT2D eigenvalue weighted by Crippen LogP contribution is 2.49. The molecule has 0 unspecified atom stereocenters. The maximum atomic E-state index is 6.84. The van der Waals surface area contributed by atoms with Crippen LogP contribution in [0.3, 0.4) is 0 Å². The molecule has 0 spiro atoms. The maximum Gasteiger partial charge on any atom is 0.214 e. The van der Waals surface area contributed by atoms with Crippen LogP contribution in [0.15, 0.2) is 192 Å². The van der Waals surface area contributed by atoms with Crippen LogP contribution in [0, 0.1) is 0 Å². The van der Waals surface area contributed by atoms with Crippen LogP contribution in [-0.2, 0) is 6.42 Å². The van der Waals surface area contributed by atoms with Crippen molar-refractivity contribution in [2.24, 2.45) is 0 Å². The van der Waals surface area contributed by atoms with E-state index in [0.717, 1.165) is 34.8 Å². The van der Waals surface area contributed by atoms with Gasteiger partial charge in [0.1, 0.15) is 10.4 Å². The largest absolute Gasteiger partial charge is 0.439 e. The van der Waals surface area contributed by atoms with Crippen molar-refractivity contribution in [1.82, 2.24) is 4.40 Å². The zero-order valence-electron chi connectivity index (χ0n) is 30.4. The monoisotopic (exact) mass is 734 g/mol. The minimum absolute atomic E-state index is 0.261. The van der Waals surface area contributed by atoms with Crippen molar-refractivity contribution in [3.05, 3.63) is 205 Å². The first-order valence-corrected chi connectivity index (χ1v) is 20.1. The third kappa shape index (κ3) is 4.76. The van der Waals surface area contributed by atoms with Crippen LogP contribution in [0.5, 0.6) is 0 Å². The lowest BCUT2D eigenvalue weighted by molar-refractivity contribution is 0.652. The van der Waals surface area contributed by atoms with Crippen molar-refractivity contribution in [3.8, 4) is 0 Å². The molecule has 0 aliphatic rings. The fourth-order valence-electron chi connectivity index (χ4n) is 9.17. The Morgan fingerprint density at radius 2 is 1.14 bits per heavy atom. The summed E-state index contributed by atoms with van der Waals surface area (Å²) >= 11 is 1.86. The second-order valence-corrected chi connectivity index (χ2v) is 15.9. The van der Waals surface area contributed by atoms with Crippen molar-refractivity contribution in [2.45, 2.75) is 12.3 Å². The normalized spacial score (nSPS) is 12.2. The Kier molecular flexibility index (Phi) is 6.92. The highest BCUT2D eigenvalue weighted by Gasteiger charge is 2.25. The fourth-order valence-corrected chi connectivity index (χ4v) is 10.4. The SMILES string of the molecule is c1ccc(C(Cc2ccc3oc4c(c3c2)c2cccc3c5c6cc7cc(N(c8ccccc8)c8ccccc8)ccc7cc6sc5n4c23)c2ccccc2)cc1. The molecule has 0 radical (unpaired) electrons. The average Bonchev–Trinajstić information content (AvgIpc) is 3.99. The molecule has 0 atom stereocenters. The Bertz CT molecular complexity index is 3300. The molecule has 0 bridgehead atoms. The van der Waals surface area contributed by atoms with E-state index in [0.29, 0.717) is 0 Å². The minimum Gasteiger partial charge on any atom is -0.439 e. The van der Waals surface area contributed by atoms with Gasteiger partial charge in [0.05, 0.1) is 10.9 Å². The van der Waals surface area contributed by atoms with Crippen LogP contribution >= 0.6 is 11.3 Å². The molecule has 0 amide bonds. The molecule has 4 heterocycles. The molecular weight excluding hydrogens is 701 g/mol. The van der Waals surface area contributed by atoms with Crippen molar-refractivity contribution in [1.29, 1.82) is 0 Å². The summed E-state index contributed by atoms with van der Waals surface area (Å²) < 4.78 is 10.5. The third-order valence-corrected chi connectivity index (χ3v) is 12.8. The van der Waals surface area contributed by atoms with Crippen LogP contribution < -0.4 is 4.90 Å². The Morgan fingerprint density at radius 1 is 0.500 bits per heavy atom. The van der Waals surface area contributed by atoms with Gasteiger partial charge in [0.15, 0.2) is 0 Å². The molecule has 56 heavy (non-hydrogen) atoms. The van der Waals surface area contributed by atoms with Gasteiger partial charge in [0.25, 0.3) is 0 Å². The van der Waals surface area contributed by atoms with E-state index in [1.165, 1.54) is 74.8 Å². The zero-order valence-corrected chi connectivity index (χ0v) is 31.2. The average molecular weight is 735 g/mol. The van der Waals surface area contributed by atoms with Gasteiger partial charge in [-0.2, -0.15) is 0 Å². The summed E-state index contributed by atoms with van der Waals surface area (Å²) in [4.78, 5) is 3.57. The first-order chi connectivity index (χ1) is 27.8. The topological polar surface area (TPSA) is 20.8 Å². The number of fused-ring (bicyclic) bond motifs is 11. The number of rotatable bonds is 7. The third-order valence-electron chi connectivity index (χ3n) is 11.7. The second-order valence-electron chi connectivity index (χ2n) is 14.9. The van der Waals surface area contributed by atoms with E-state index < -0.39 is 0 Å². The maximum absolute atomic E-state index is 6.84. The first-order valence-electron chi connectivity index (χ1n) is 19.3. The molecule has 0 saturated carbocycles. The molecule has 3 nitrogen and oxygen atoms in total. The van der Waals surface area contributed by atoms with E-state index in [1.54, 1.807) is 0 Å². The number of aromatic nitrogens is 1. The number of para-hydroxylation sites is 3. The van der Waals surface area contributed by atoms with Gasteiger partial charge in [-0.05, 0) is 94.5 Å². The van der Waals surface area contributed by atoms with E-state index in [2.05, 4.69) is 197 Å². The molecule has 12 rings (SSSR count). The van der Waals surface area contributed by atoms with Gasteiger partial charge in [-0.3, -0.25) is 4.40 Å². The molecular formula is C52H34N2OS. The Morgan fingerprint density at radius 3 is 1.82 bits per heavy atom. The van der Waals surface area contributed by atoms with E-state index in [-0.39, 0.29) is 5.92 Å². The molecule has 4 heteroatoms. The lowest BCUT2D eigenvalue weighted by Gasteiger charge is -2.25. The molecule has 8 aromatic carbocycles. The quantitative estimate of drug-likeness (QED) is 0.163. The molecule has 0 fully saturated rings. The number of thiophene rings is 1. The van der Waals surface area contributed by atoms with Gasteiger partial charge in [0.2, 0.25) is 5.71 Å². The molecule has 4 aromatic heterocycles. The summed E-state index contributed by atoms with van der Waals surface area (Å²) in [7, 11) is 0. The van der Waals surface area contributed by atoms with Crippen molar-refractivity contribution >= 4 is 97.8 Å². The van der Waals surface area contributed by atoms with E-state index in [4.69, 9.17) is 4.42 Å². The zero-order chi connectivity index (χ0) is 36.7. The summed E-state index contributed by atoms with van der Waals surface area (Å²) in [5, 5.41) is 9.96. The number of hydrogen-bond donors (Lipinski definition) is 0. The number of anilines is 3. The highest BCUT2D eigenvalue weighted by atomic mass is 32.1. The van der Waals surface area contributed by atoms with Crippen LogP contribution in [0.1, 0.15) is 22.6 Å². The standard InChI is InChI=1S/C52H34N2OS/c1-5-14-34(15-6-1)43(35-16-7-2-8-17-35)28-33-24-27-46-44(29-33)48-41-22-13-23-42-49-45-31-37-30-40(53(38-18-9-3-10-19-38)39-20-11-4-12-21-39)26-25-36(37)32-47(45)56-52(49)54(50(41)42)51(48)55-46/h1-27,29-32,43H,28H2. The van der Waals surface area contributed by atoms with E-state index in [1.807, 2.05) is 11.3 Å². The predicted octanol–water partition coefficient (Wildman–Crippen LogP) is 14.8. The van der Waals surface area contributed by atoms with E-state index in [9.17, 15) is 0 Å². The summed E-state index contributed by atoms with van der Waals surface area (Å²) in [6.07, 6.45) is 0.907. The van der Waals surface area contributed by atoms with Crippen molar-refractivity contribution in [3.63, 3.8) is 0 Å². The second kappa shape index (κ2) is 12.3. The van der Waals surface area contributed by atoms with Gasteiger partial charge in [0, 0.05) is 54.6 Å². The number of benzene rings is 8. The minimum atomic E-state index is 0.261. The summed E-state index contributed by atoms with van der Waals surface area (Å²) in [6.45, 7) is 0. The van der Waals surface area contributed by atoms with Gasteiger partial charge in [-0.15, -0.1) is 11.3 Å². The number of furan rings is 1. The highest BCUT2D eigenvalue weighted by molar-refractivity contribution is 7.25. The first kappa shape index (κ1) is 31.5. The molecule has 0 aliphatic heterocycles. The van der Waals surface area contributed by atoms with Gasteiger partial charge >= 0.3 is 0 Å². The van der Waals surface area contributed by atoms with Crippen LogP contribution in [0.2, 0.25) is 0 Å². The molecule has 0 N–H and O–H groups in total. The smallest absolute Gasteiger partial charge is 0.214 e. The molecule has 0 saturated heterocycles. The summed E-state index contributed by atoms with van der Waals surface area (Å²) in [5.74, 6) is 0.261. The van der Waals surface area contributed by atoms with Crippen LogP contribution in [-0.4, -0.2) is 4.40 Å². The van der Waals surface area contributed by atoms with Gasteiger partial charge in [-0.25, -0.2) is 0 Å². The Hall–Kier alpha value is -6.88. The van der Waals surface area contributed by atoms with E-state index >= 15 is 0 Å². The number of nitrogens with zero attached hydrogens (tertiary/aromatic N) is 2. The summed E-state index contributed by atoms with van der Waals surface area (Å²) in [5.41, 5.74) is 10.5. The predicted molar refractivity (Wildman–Crippen MR) is 237 cm³/mol. The molecule has 0 aliphatic carbocycles. The Labute approximate surface area is 327 Å². The molecule has 12 aromatic rings. The van der Waals surface area contributed by atoms with Crippen LogP contribution in [0.4, 0.5) is 17.1 Å². The van der Waals surface area contributed by atoms with Crippen LogP contribution in [0.25, 0.3) is 69.4 Å². The van der Waals surface area contributed by atoms with Crippen molar-refractivity contribution in [2.75, 3.05) is 4.90 Å². The van der Waals surface area contributed by atoms with Crippen molar-refractivity contribution < 1.29 is 4.42 Å². The lowest BCUT2D eigenvalue weighted by Crippen LogP contribution is -2.09. The Balaban J connectivity index is 1.02.